The van der Waals surface area contributed by atoms with Gasteiger partial charge >= 0.3 is 0 Å². The molecule has 1 fully saturated rings. The lowest BCUT2D eigenvalue weighted by molar-refractivity contribution is -0.127. The summed E-state index contributed by atoms with van der Waals surface area (Å²) >= 11 is 0. The smallest absolute Gasteiger partial charge is 0.246 e. The maximum absolute atomic E-state index is 12.7. The summed E-state index contributed by atoms with van der Waals surface area (Å²) in [6, 6.07) is 17.7. The Morgan fingerprint density at radius 3 is 2.84 bits per heavy atom. The van der Waals surface area contributed by atoms with Crippen LogP contribution in [0.25, 0.3) is 6.08 Å². The van der Waals surface area contributed by atoms with Crippen LogP contribution in [-0.4, -0.2) is 38.8 Å². The van der Waals surface area contributed by atoms with E-state index in [4.69, 9.17) is 0 Å². The van der Waals surface area contributed by atoms with Gasteiger partial charge in [-0.05, 0) is 55.9 Å². The SMILES string of the molecule is Cc1cccc(Nc2cc(CC3CCCN(C(=O)/C=C/c4ccccc4)C3)ncn2)n1. The van der Waals surface area contributed by atoms with Crippen molar-refractivity contribution in [2.24, 2.45) is 5.92 Å². The second kappa shape index (κ2) is 9.98. The highest BCUT2D eigenvalue weighted by Gasteiger charge is 2.23. The first-order valence-electron chi connectivity index (χ1n) is 10.7. The van der Waals surface area contributed by atoms with E-state index < -0.39 is 0 Å². The molecule has 1 unspecified atom stereocenters. The highest BCUT2D eigenvalue weighted by molar-refractivity contribution is 5.91. The number of pyridine rings is 1. The van der Waals surface area contributed by atoms with E-state index in [1.165, 1.54) is 0 Å². The molecule has 6 heteroatoms. The number of piperidine rings is 1. The summed E-state index contributed by atoms with van der Waals surface area (Å²) in [5.41, 5.74) is 2.96. The summed E-state index contributed by atoms with van der Waals surface area (Å²) in [6.45, 7) is 3.52. The summed E-state index contributed by atoms with van der Waals surface area (Å²) < 4.78 is 0. The zero-order valence-electron chi connectivity index (χ0n) is 17.7. The number of rotatable bonds is 6. The van der Waals surface area contributed by atoms with Gasteiger partial charge in [0.25, 0.3) is 0 Å². The van der Waals surface area contributed by atoms with Crippen LogP contribution in [0.1, 0.15) is 29.8 Å². The molecule has 6 nitrogen and oxygen atoms in total. The Morgan fingerprint density at radius 1 is 1.13 bits per heavy atom. The molecule has 4 rings (SSSR count). The van der Waals surface area contributed by atoms with Crippen molar-refractivity contribution in [2.75, 3.05) is 18.4 Å². The molecule has 1 aliphatic heterocycles. The Labute approximate surface area is 183 Å². The molecule has 1 aromatic carbocycles. The molecule has 3 aromatic rings. The summed E-state index contributed by atoms with van der Waals surface area (Å²) in [4.78, 5) is 27.8. The number of benzene rings is 1. The van der Waals surface area contributed by atoms with E-state index in [-0.39, 0.29) is 5.91 Å². The van der Waals surface area contributed by atoms with Gasteiger partial charge in [-0.25, -0.2) is 15.0 Å². The average molecular weight is 414 g/mol. The summed E-state index contributed by atoms with van der Waals surface area (Å²) in [6.07, 6.45) is 8.08. The van der Waals surface area contributed by atoms with E-state index in [0.29, 0.717) is 5.92 Å². The first-order valence-corrected chi connectivity index (χ1v) is 10.7. The minimum absolute atomic E-state index is 0.0733. The molecule has 1 amide bonds. The summed E-state index contributed by atoms with van der Waals surface area (Å²) in [7, 11) is 0. The molecule has 31 heavy (non-hydrogen) atoms. The van der Waals surface area contributed by atoms with E-state index in [1.54, 1.807) is 12.4 Å². The third kappa shape index (κ3) is 5.98. The Hall–Kier alpha value is -3.54. The Bertz CT molecular complexity index is 1050. The van der Waals surface area contributed by atoms with Gasteiger partial charge in [0.1, 0.15) is 18.0 Å². The summed E-state index contributed by atoms with van der Waals surface area (Å²) in [5.74, 6) is 1.97. The largest absolute Gasteiger partial charge is 0.339 e. The minimum atomic E-state index is 0.0733. The van der Waals surface area contributed by atoms with Crippen molar-refractivity contribution in [3.05, 3.63) is 84.0 Å². The number of anilines is 2. The number of amides is 1. The number of nitrogens with zero attached hydrogens (tertiary/aromatic N) is 4. The van der Waals surface area contributed by atoms with Crippen LogP contribution in [0, 0.1) is 12.8 Å². The van der Waals surface area contributed by atoms with Gasteiger partial charge in [0.15, 0.2) is 0 Å². The van der Waals surface area contributed by atoms with Crippen LogP contribution in [0.15, 0.2) is 67.0 Å². The number of aromatic nitrogens is 3. The number of likely N-dealkylation sites (tertiary alicyclic amines) is 1. The third-order valence-corrected chi connectivity index (χ3v) is 5.41. The zero-order chi connectivity index (χ0) is 21.5. The number of hydrogen-bond acceptors (Lipinski definition) is 5. The van der Waals surface area contributed by atoms with Crippen LogP contribution in [-0.2, 0) is 11.2 Å². The van der Waals surface area contributed by atoms with Crippen LogP contribution in [0.3, 0.4) is 0 Å². The minimum Gasteiger partial charge on any atom is -0.339 e. The number of carbonyl (C=O) groups is 1. The van der Waals surface area contributed by atoms with Crippen LogP contribution in [0.5, 0.6) is 0 Å². The number of nitrogens with one attached hydrogen (secondary N) is 1. The molecule has 3 heterocycles. The van der Waals surface area contributed by atoms with Gasteiger partial charge in [0, 0.05) is 36.6 Å². The van der Waals surface area contributed by atoms with Gasteiger partial charge in [0.2, 0.25) is 5.91 Å². The zero-order valence-corrected chi connectivity index (χ0v) is 17.7. The van der Waals surface area contributed by atoms with Crippen molar-refractivity contribution in [1.29, 1.82) is 0 Å². The van der Waals surface area contributed by atoms with Crippen molar-refractivity contribution < 1.29 is 4.79 Å². The number of hydrogen-bond donors (Lipinski definition) is 1. The fourth-order valence-electron chi connectivity index (χ4n) is 3.89. The van der Waals surface area contributed by atoms with E-state index >= 15 is 0 Å². The van der Waals surface area contributed by atoms with Crippen LogP contribution in [0.2, 0.25) is 0 Å². The quantitative estimate of drug-likeness (QED) is 0.606. The normalized spacial score (nSPS) is 16.4. The van der Waals surface area contributed by atoms with E-state index in [1.807, 2.05) is 72.5 Å². The van der Waals surface area contributed by atoms with Gasteiger partial charge in [-0.15, -0.1) is 0 Å². The second-order valence-electron chi connectivity index (χ2n) is 7.92. The predicted octanol–water partition coefficient (Wildman–Crippen LogP) is 4.42. The molecule has 0 saturated carbocycles. The first kappa shape index (κ1) is 20.7. The maximum Gasteiger partial charge on any atom is 0.246 e. The van der Waals surface area contributed by atoms with Gasteiger partial charge in [0.05, 0.1) is 0 Å². The van der Waals surface area contributed by atoms with E-state index in [9.17, 15) is 4.79 Å². The molecule has 2 aromatic heterocycles. The molecule has 0 spiro atoms. The molecular formula is C25H27N5O. The second-order valence-corrected chi connectivity index (χ2v) is 7.92. The third-order valence-electron chi connectivity index (χ3n) is 5.41. The predicted molar refractivity (Wildman–Crippen MR) is 123 cm³/mol. The Kier molecular flexibility index (Phi) is 6.67. The molecule has 0 radical (unpaired) electrons. The van der Waals surface area contributed by atoms with Gasteiger partial charge < -0.3 is 10.2 Å². The van der Waals surface area contributed by atoms with Crippen molar-refractivity contribution >= 4 is 23.6 Å². The topological polar surface area (TPSA) is 71.0 Å². The average Bonchev–Trinajstić information content (AvgIpc) is 2.79. The number of aryl methyl sites for hydroxylation is 1. The molecule has 158 valence electrons. The molecule has 1 atom stereocenters. The first-order chi connectivity index (χ1) is 15.2. The highest BCUT2D eigenvalue weighted by atomic mass is 16.2. The van der Waals surface area contributed by atoms with Gasteiger partial charge in [-0.3, -0.25) is 4.79 Å². The molecule has 1 aliphatic rings. The maximum atomic E-state index is 12.7. The van der Waals surface area contributed by atoms with Gasteiger partial charge in [-0.2, -0.15) is 0 Å². The standard InChI is InChI=1S/C25H27N5O/c1-19-7-5-11-23(28-19)29-24-16-22(26-18-27-24)15-21-10-6-14-30(17-21)25(31)13-12-20-8-3-2-4-9-20/h2-5,7-9,11-13,16,18,21H,6,10,14-15,17H2,1H3,(H,26,27,28,29)/b13-12+. The molecule has 1 saturated heterocycles. The lowest BCUT2D eigenvalue weighted by Crippen LogP contribution is -2.39. The van der Waals surface area contributed by atoms with E-state index in [2.05, 4.69) is 20.3 Å². The summed E-state index contributed by atoms with van der Waals surface area (Å²) in [5, 5.41) is 3.25. The van der Waals surface area contributed by atoms with Crippen molar-refractivity contribution in [3.63, 3.8) is 0 Å². The van der Waals surface area contributed by atoms with Crippen molar-refractivity contribution in [1.82, 2.24) is 19.9 Å². The molecule has 1 N–H and O–H groups in total. The van der Waals surface area contributed by atoms with E-state index in [0.717, 1.165) is 60.9 Å². The molecule has 0 bridgehead atoms. The highest BCUT2D eigenvalue weighted by Crippen LogP contribution is 2.22. The lowest BCUT2D eigenvalue weighted by atomic mass is 9.93. The fraction of sp³-hybridized carbons (Fsp3) is 0.280. The fourth-order valence-corrected chi connectivity index (χ4v) is 3.89. The van der Waals surface area contributed by atoms with Crippen molar-refractivity contribution in [3.8, 4) is 0 Å². The van der Waals surface area contributed by atoms with Crippen LogP contribution < -0.4 is 5.32 Å². The molecular weight excluding hydrogens is 386 g/mol. The monoisotopic (exact) mass is 413 g/mol. The van der Waals surface area contributed by atoms with Gasteiger partial charge in [-0.1, -0.05) is 36.4 Å². The Balaban J connectivity index is 1.36. The molecule has 0 aliphatic carbocycles. The van der Waals surface area contributed by atoms with Crippen LogP contribution >= 0.6 is 0 Å². The number of carbonyl (C=O) groups excluding carboxylic acids is 1. The van der Waals surface area contributed by atoms with Crippen molar-refractivity contribution in [2.45, 2.75) is 26.2 Å². The lowest BCUT2D eigenvalue weighted by Gasteiger charge is -2.32. The Morgan fingerprint density at radius 2 is 2.00 bits per heavy atom. The van der Waals surface area contributed by atoms with Crippen LogP contribution in [0.4, 0.5) is 11.6 Å².